The number of nitrogens with zero attached hydrogens (tertiary/aromatic N) is 2. The highest BCUT2D eigenvalue weighted by molar-refractivity contribution is 5.94. The van der Waals surface area contributed by atoms with Crippen LogP contribution in [0.15, 0.2) is 30.3 Å². The summed E-state index contributed by atoms with van der Waals surface area (Å²) in [5.41, 5.74) is 0.566. The highest BCUT2D eigenvalue weighted by atomic mass is 19.1. The molecule has 0 spiro atoms. The van der Waals surface area contributed by atoms with E-state index in [1.165, 1.54) is 24.3 Å². The van der Waals surface area contributed by atoms with Gasteiger partial charge in [-0.25, -0.2) is 8.78 Å². The Kier molecular flexibility index (Phi) is 5.31. The Morgan fingerprint density at radius 1 is 1.20 bits per heavy atom. The highest BCUT2D eigenvalue weighted by Gasteiger charge is 2.34. The summed E-state index contributed by atoms with van der Waals surface area (Å²) in [4.78, 5) is 13.5. The first-order valence-corrected chi connectivity index (χ1v) is 9.79. The summed E-state index contributed by atoms with van der Waals surface area (Å²) in [5, 5.41) is 22.7. The van der Waals surface area contributed by atoms with E-state index in [1.807, 2.05) is 11.0 Å². The number of carbonyl (C=O) groups is 1. The van der Waals surface area contributed by atoms with Gasteiger partial charge in [-0.2, -0.15) is 5.26 Å². The molecule has 2 aromatic carbocycles. The molecule has 0 aromatic heterocycles. The van der Waals surface area contributed by atoms with Crippen LogP contribution < -0.4 is 15.0 Å². The summed E-state index contributed by atoms with van der Waals surface area (Å²) in [7, 11) is 0. The molecule has 0 aliphatic carbocycles. The Labute approximate surface area is 172 Å². The molecule has 6 nitrogen and oxygen atoms in total. The van der Waals surface area contributed by atoms with Crippen molar-refractivity contribution in [2.45, 2.75) is 31.3 Å². The largest absolute Gasteiger partial charge is 0.490 e. The predicted molar refractivity (Wildman–Crippen MR) is 106 cm³/mol. The lowest BCUT2D eigenvalue weighted by atomic mass is 9.91. The molecule has 30 heavy (non-hydrogen) atoms. The van der Waals surface area contributed by atoms with Crippen LogP contribution in [0.4, 0.5) is 20.2 Å². The van der Waals surface area contributed by atoms with Gasteiger partial charge in [-0.05, 0) is 49.6 Å². The SMILES string of the molecule is N#Cc1cc(F)ccc1N1CCC(O)(COc2ccc(F)c3c2CCC(=O)N3)CC1. The van der Waals surface area contributed by atoms with Gasteiger partial charge in [0.15, 0.2) is 0 Å². The molecule has 0 atom stereocenters. The molecule has 1 saturated heterocycles. The van der Waals surface area contributed by atoms with Crippen molar-refractivity contribution in [2.24, 2.45) is 0 Å². The van der Waals surface area contributed by atoms with Gasteiger partial charge in [0, 0.05) is 25.1 Å². The van der Waals surface area contributed by atoms with Crippen molar-refractivity contribution >= 4 is 17.3 Å². The molecule has 2 N–H and O–H groups in total. The molecular formula is C22H21F2N3O3. The maximum absolute atomic E-state index is 14.0. The number of nitriles is 1. The Morgan fingerprint density at radius 3 is 2.70 bits per heavy atom. The topological polar surface area (TPSA) is 85.6 Å². The van der Waals surface area contributed by atoms with E-state index >= 15 is 0 Å². The van der Waals surface area contributed by atoms with Gasteiger partial charge in [-0.15, -0.1) is 0 Å². The van der Waals surface area contributed by atoms with Gasteiger partial charge in [-0.3, -0.25) is 4.79 Å². The minimum atomic E-state index is -1.08. The maximum Gasteiger partial charge on any atom is 0.224 e. The zero-order valence-electron chi connectivity index (χ0n) is 16.3. The molecule has 2 heterocycles. The van der Waals surface area contributed by atoms with E-state index in [-0.39, 0.29) is 30.2 Å². The smallest absolute Gasteiger partial charge is 0.224 e. The average molecular weight is 413 g/mol. The van der Waals surface area contributed by atoms with Crippen LogP contribution in [0.3, 0.4) is 0 Å². The van der Waals surface area contributed by atoms with E-state index in [0.717, 1.165) is 0 Å². The number of ether oxygens (including phenoxy) is 1. The van der Waals surface area contributed by atoms with Gasteiger partial charge < -0.3 is 20.1 Å². The molecule has 0 radical (unpaired) electrons. The minimum Gasteiger partial charge on any atom is -0.490 e. The maximum atomic E-state index is 14.0. The van der Waals surface area contributed by atoms with Crippen LogP contribution in [-0.2, 0) is 11.2 Å². The average Bonchev–Trinajstić information content (AvgIpc) is 2.74. The first-order valence-electron chi connectivity index (χ1n) is 9.79. The Hall–Kier alpha value is -3.18. The van der Waals surface area contributed by atoms with Gasteiger partial charge in [0.05, 0.1) is 16.9 Å². The second-order valence-corrected chi connectivity index (χ2v) is 7.72. The third-order valence-corrected chi connectivity index (χ3v) is 5.70. The molecule has 2 aliphatic rings. The summed E-state index contributed by atoms with van der Waals surface area (Å²) in [6, 6.07) is 8.86. The van der Waals surface area contributed by atoms with Gasteiger partial charge in [0.25, 0.3) is 0 Å². The third kappa shape index (κ3) is 3.94. The van der Waals surface area contributed by atoms with Crippen LogP contribution in [0.25, 0.3) is 0 Å². The molecule has 2 aliphatic heterocycles. The molecule has 0 bridgehead atoms. The number of halogens is 2. The van der Waals surface area contributed by atoms with Crippen molar-refractivity contribution < 1.29 is 23.4 Å². The second-order valence-electron chi connectivity index (χ2n) is 7.72. The summed E-state index contributed by atoms with van der Waals surface area (Å²) in [6.07, 6.45) is 1.43. The molecule has 4 rings (SSSR count). The molecular weight excluding hydrogens is 392 g/mol. The van der Waals surface area contributed by atoms with E-state index in [2.05, 4.69) is 5.32 Å². The van der Waals surface area contributed by atoms with Gasteiger partial charge in [-0.1, -0.05) is 0 Å². The van der Waals surface area contributed by atoms with Crippen LogP contribution in [0.2, 0.25) is 0 Å². The minimum absolute atomic E-state index is 0.0292. The summed E-state index contributed by atoms with van der Waals surface area (Å²) < 4.78 is 33.2. The number of anilines is 2. The molecule has 1 fully saturated rings. The molecule has 0 saturated carbocycles. The number of piperidine rings is 1. The highest BCUT2D eigenvalue weighted by Crippen LogP contribution is 2.35. The number of rotatable bonds is 4. The number of benzene rings is 2. The van der Waals surface area contributed by atoms with Crippen molar-refractivity contribution in [1.29, 1.82) is 5.26 Å². The molecule has 156 valence electrons. The molecule has 0 unspecified atom stereocenters. The first kappa shape index (κ1) is 20.1. The number of amides is 1. The fourth-order valence-electron chi connectivity index (χ4n) is 3.95. The van der Waals surface area contributed by atoms with E-state index in [4.69, 9.17) is 4.74 Å². The van der Waals surface area contributed by atoms with E-state index < -0.39 is 17.2 Å². The van der Waals surface area contributed by atoms with Gasteiger partial charge >= 0.3 is 0 Å². The number of carbonyl (C=O) groups excluding carboxylic acids is 1. The van der Waals surface area contributed by atoms with Gasteiger partial charge in [0.2, 0.25) is 5.91 Å². The molecule has 1 amide bonds. The quantitative estimate of drug-likeness (QED) is 0.805. The van der Waals surface area contributed by atoms with E-state index in [0.29, 0.717) is 49.4 Å². The first-order chi connectivity index (χ1) is 14.4. The van der Waals surface area contributed by atoms with Crippen molar-refractivity contribution in [3.8, 4) is 11.8 Å². The lowest BCUT2D eigenvalue weighted by Crippen LogP contribution is -2.48. The fraction of sp³-hybridized carbons (Fsp3) is 0.364. The van der Waals surface area contributed by atoms with Crippen LogP contribution in [0, 0.1) is 23.0 Å². The van der Waals surface area contributed by atoms with Gasteiger partial charge in [0.1, 0.15) is 35.7 Å². The molecule has 8 heteroatoms. The number of hydrogen-bond acceptors (Lipinski definition) is 5. The lowest BCUT2D eigenvalue weighted by molar-refractivity contribution is -0.116. The standard InChI is InChI=1S/C22H21F2N3O3/c23-15-1-4-18(14(11-15)12-25)27-9-7-22(29,8-10-27)13-30-19-5-3-17(24)21-16(19)2-6-20(28)26-21/h1,3-5,11,29H,2,6-10,13H2,(H,26,28). The fourth-order valence-corrected chi connectivity index (χ4v) is 3.95. The van der Waals surface area contributed by atoms with Crippen LogP contribution in [-0.4, -0.2) is 36.3 Å². The molecule has 2 aromatic rings. The van der Waals surface area contributed by atoms with Crippen LogP contribution in [0.5, 0.6) is 5.75 Å². The van der Waals surface area contributed by atoms with Crippen molar-refractivity contribution in [3.05, 3.63) is 53.1 Å². The zero-order valence-corrected chi connectivity index (χ0v) is 16.3. The van der Waals surface area contributed by atoms with Crippen LogP contribution in [0.1, 0.15) is 30.4 Å². The van der Waals surface area contributed by atoms with Crippen LogP contribution >= 0.6 is 0 Å². The number of aliphatic hydroxyl groups is 1. The Balaban J connectivity index is 1.43. The van der Waals surface area contributed by atoms with Crippen molar-refractivity contribution in [3.63, 3.8) is 0 Å². The summed E-state index contributed by atoms with van der Waals surface area (Å²) >= 11 is 0. The monoisotopic (exact) mass is 413 g/mol. The number of nitrogens with one attached hydrogen (secondary N) is 1. The van der Waals surface area contributed by atoms with E-state index in [1.54, 1.807) is 6.07 Å². The second kappa shape index (κ2) is 7.92. The zero-order chi connectivity index (χ0) is 21.3. The lowest BCUT2D eigenvalue weighted by Gasteiger charge is -2.39. The number of hydrogen-bond donors (Lipinski definition) is 2. The summed E-state index contributed by atoms with van der Waals surface area (Å²) in [5.74, 6) is -0.754. The number of fused-ring (bicyclic) bond motifs is 1. The van der Waals surface area contributed by atoms with Crippen molar-refractivity contribution in [2.75, 3.05) is 29.9 Å². The predicted octanol–water partition coefficient (Wildman–Crippen LogP) is 3.13. The third-order valence-electron chi connectivity index (χ3n) is 5.70. The van der Waals surface area contributed by atoms with E-state index in [9.17, 15) is 23.9 Å². The van der Waals surface area contributed by atoms with Crippen molar-refractivity contribution in [1.82, 2.24) is 0 Å². The Morgan fingerprint density at radius 2 is 1.97 bits per heavy atom. The normalized spacial score (nSPS) is 17.7. The Bertz CT molecular complexity index is 1030. The summed E-state index contributed by atoms with van der Waals surface area (Å²) in [6.45, 7) is 0.997.